The van der Waals surface area contributed by atoms with Gasteiger partial charge in [-0.3, -0.25) is 9.59 Å². The van der Waals surface area contributed by atoms with Crippen molar-refractivity contribution in [2.24, 2.45) is 5.41 Å². The molecule has 0 fully saturated rings. The first-order valence-corrected chi connectivity index (χ1v) is 10.8. The second kappa shape index (κ2) is 8.08. The molecule has 2 heterocycles. The zero-order valence-corrected chi connectivity index (χ0v) is 18.3. The van der Waals surface area contributed by atoms with E-state index in [0.717, 1.165) is 12.0 Å². The molecule has 4 nitrogen and oxygen atoms in total. The van der Waals surface area contributed by atoms with E-state index in [1.807, 2.05) is 57.7 Å². The van der Waals surface area contributed by atoms with Crippen LogP contribution in [0.5, 0.6) is 0 Å². The van der Waals surface area contributed by atoms with Crippen LogP contribution in [-0.2, 0) is 16.0 Å². The van der Waals surface area contributed by atoms with Crippen molar-refractivity contribution >= 4 is 23.2 Å². The number of hydrogen-bond acceptors (Lipinski definition) is 3. The van der Waals surface area contributed by atoms with Crippen molar-refractivity contribution in [1.29, 1.82) is 0 Å². The standard InChI is InChI=1S/C23H30N2O2S/c1-16(2)25(22(27)23(3,4)5)15-20(26)24-13-11-19-18(12-14-28-19)21(24)17-9-7-6-8-10-17/h6-10,12,14,16,21H,11,13,15H2,1-5H3/t21-/m0/s1. The van der Waals surface area contributed by atoms with E-state index in [4.69, 9.17) is 0 Å². The van der Waals surface area contributed by atoms with Crippen molar-refractivity contribution in [3.8, 4) is 0 Å². The summed E-state index contributed by atoms with van der Waals surface area (Å²) in [7, 11) is 0. The molecule has 0 unspecified atom stereocenters. The third-order valence-electron chi connectivity index (χ3n) is 5.23. The highest BCUT2D eigenvalue weighted by Gasteiger charge is 2.36. The van der Waals surface area contributed by atoms with Gasteiger partial charge >= 0.3 is 0 Å². The molecule has 1 aromatic heterocycles. The lowest BCUT2D eigenvalue weighted by Crippen LogP contribution is -2.51. The van der Waals surface area contributed by atoms with Crippen molar-refractivity contribution in [2.75, 3.05) is 13.1 Å². The Morgan fingerprint density at radius 3 is 2.46 bits per heavy atom. The number of fused-ring (bicyclic) bond motifs is 1. The maximum Gasteiger partial charge on any atom is 0.243 e. The maximum atomic E-state index is 13.4. The van der Waals surface area contributed by atoms with Crippen molar-refractivity contribution in [3.05, 3.63) is 57.8 Å². The molecule has 1 aromatic carbocycles. The Labute approximate surface area is 172 Å². The zero-order valence-electron chi connectivity index (χ0n) is 17.4. The van der Waals surface area contributed by atoms with Crippen LogP contribution in [-0.4, -0.2) is 40.7 Å². The fraction of sp³-hybridized carbons (Fsp3) is 0.478. The number of hydrogen-bond donors (Lipinski definition) is 0. The smallest absolute Gasteiger partial charge is 0.243 e. The highest BCUT2D eigenvalue weighted by molar-refractivity contribution is 7.10. The van der Waals surface area contributed by atoms with Crippen LogP contribution in [0.25, 0.3) is 0 Å². The van der Waals surface area contributed by atoms with Gasteiger partial charge in [-0.25, -0.2) is 0 Å². The van der Waals surface area contributed by atoms with E-state index >= 15 is 0 Å². The Morgan fingerprint density at radius 2 is 1.86 bits per heavy atom. The molecule has 3 rings (SSSR count). The van der Waals surface area contributed by atoms with Crippen molar-refractivity contribution < 1.29 is 9.59 Å². The number of nitrogens with zero attached hydrogens (tertiary/aromatic N) is 2. The number of thiophene rings is 1. The van der Waals surface area contributed by atoms with Crippen LogP contribution < -0.4 is 0 Å². The summed E-state index contributed by atoms with van der Waals surface area (Å²) in [6.07, 6.45) is 0.872. The normalized spacial score (nSPS) is 16.8. The van der Waals surface area contributed by atoms with E-state index in [1.54, 1.807) is 16.2 Å². The van der Waals surface area contributed by atoms with Gasteiger partial charge in [-0.15, -0.1) is 11.3 Å². The predicted molar refractivity (Wildman–Crippen MR) is 114 cm³/mol. The van der Waals surface area contributed by atoms with E-state index in [9.17, 15) is 9.59 Å². The largest absolute Gasteiger partial charge is 0.331 e. The number of benzene rings is 1. The molecular formula is C23H30N2O2S. The van der Waals surface area contributed by atoms with Crippen LogP contribution in [0.1, 0.15) is 56.7 Å². The molecule has 28 heavy (non-hydrogen) atoms. The Hall–Kier alpha value is -2.14. The van der Waals surface area contributed by atoms with Gasteiger partial charge in [0, 0.05) is 22.9 Å². The molecule has 0 saturated heterocycles. The predicted octanol–water partition coefficient (Wildman–Crippen LogP) is 4.51. The number of carbonyl (C=O) groups excluding carboxylic acids is 2. The van der Waals surface area contributed by atoms with Gasteiger partial charge in [0.05, 0.1) is 6.04 Å². The molecule has 0 N–H and O–H groups in total. The van der Waals surface area contributed by atoms with Gasteiger partial charge in [-0.1, -0.05) is 51.1 Å². The maximum absolute atomic E-state index is 13.4. The van der Waals surface area contributed by atoms with Crippen LogP contribution in [0.15, 0.2) is 41.8 Å². The molecule has 0 spiro atoms. The summed E-state index contributed by atoms with van der Waals surface area (Å²) in [5.74, 6) is 0.0253. The molecular weight excluding hydrogens is 368 g/mol. The Balaban J connectivity index is 1.90. The Kier molecular flexibility index (Phi) is 5.94. The molecule has 1 atom stereocenters. The molecule has 1 aliphatic rings. The van der Waals surface area contributed by atoms with Crippen molar-refractivity contribution in [2.45, 2.75) is 53.1 Å². The van der Waals surface area contributed by atoms with Gasteiger partial charge in [-0.2, -0.15) is 0 Å². The van der Waals surface area contributed by atoms with E-state index in [1.165, 1.54) is 10.4 Å². The first kappa shape index (κ1) is 20.6. The van der Waals surface area contributed by atoms with Crippen LogP contribution >= 0.6 is 11.3 Å². The fourth-order valence-corrected chi connectivity index (χ4v) is 4.64. The second-order valence-corrected chi connectivity index (χ2v) is 9.73. The van der Waals surface area contributed by atoms with E-state index < -0.39 is 5.41 Å². The van der Waals surface area contributed by atoms with Crippen LogP contribution in [0.2, 0.25) is 0 Å². The first-order valence-electron chi connectivity index (χ1n) is 9.92. The number of amides is 2. The summed E-state index contributed by atoms with van der Waals surface area (Å²) >= 11 is 1.76. The van der Waals surface area contributed by atoms with Crippen LogP contribution in [0.4, 0.5) is 0 Å². The lowest BCUT2D eigenvalue weighted by Gasteiger charge is -2.39. The third kappa shape index (κ3) is 4.14. The summed E-state index contributed by atoms with van der Waals surface area (Å²) in [6.45, 7) is 10.5. The van der Waals surface area contributed by atoms with E-state index in [2.05, 4.69) is 23.6 Å². The van der Waals surface area contributed by atoms with Gasteiger partial charge in [0.15, 0.2) is 0 Å². The lowest BCUT2D eigenvalue weighted by molar-refractivity contribution is -0.148. The average Bonchev–Trinajstić information content (AvgIpc) is 3.13. The summed E-state index contributed by atoms with van der Waals surface area (Å²) in [4.78, 5) is 31.3. The summed E-state index contributed by atoms with van der Waals surface area (Å²) in [6, 6.07) is 12.2. The topological polar surface area (TPSA) is 40.6 Å². The molecule has 2 amide bonds. The van der Waals surface area contributed by atoms with E-state index in [0.29, 0.717) is 6.54 Å². The van der Waals surface area contributed by atoms with Gasteiger partial charge in [0.1, 0.15) is 6.54 Å². The lowest BCUT2D eigenvalue weighted by atomic mass is 9.92. The highest BCUT2D eigenvalue weighted by atomic mass is 32.1. The zero-order chi connectivity index (χ0) is 20.5. The third-order valence-corrected chi connectivity index (χ3v) is 6.23. The highest BCUT2D eigenvalue weighted by Crippen LogP contribution is 2.37. The SMILES string of the molecule is CC(C)N(CC(=O)N1CCc2sccc2[C@@H]1c1ccccc1)C(=O)C(C)(C)C. The van der Waals surface area contributed by atoms with Gasteiger partial charge in [0.25, 0.3) is 0 Å². The molecule has 5 heteroatoms. The Morgan fingerprint density at radius 1 is 1.18 bits per heavy atom. The van der Waals surface area contributed by atoms with Gasteiger partial charge < -0.3 is 9.80 Å². The molecule has 0 radical (unpaired) electrons. The summed E-state index contributed by atoms with van der Waals surface area (Å²) in [5.41, 5.74) is 1.83. The number of carbonyl (C=O) groups is 2. The summed E-state index contributed by atoms with van der Waals surface area (Å²) < 4.78 is 0. The minimum absolute atomic E-state index is 0.0111. The average molecular weight is 399 g/mol. The van der Waals surface area contributed by atoms with Gasteiger partial charge in [0.2, 0.25) is 11.8 Å². The number of rotatable bonds is 4. The molecule has 150 valence electrons. The molecule has 0 aliphatic carbocycles. The molecule has 0 bridgehead atoms. The first-order chi connectivity index (χ1) is 13.2. The molecule has 2 aromatic rings. The molecule has 1 aliphatic heterocycles. The molecule has 0 saturated carbocycles. The summed E-state index contributed by atoms with van der Waals surface area (Å²) in [5, 5.41) is 2.11. The van der Waals surface area contributed by atoms with Crippen molar-refractivity contribution in [3.63, 3.8) is 0 Å². The minimum atomic E-state index is -0.508. The second-order valence-electron chi connectivity index (χ2n) is 8.73. The van der Waals surface area contributed by atoms with Crippen LogP contribution in [0.3, 0.4) is 0 Å². The minimum Gasteiger partial charge on any atom is -0.331 e. The van der Waals surface area contributed by atoms with E-state index in [-0.39, 0.29) is 30.4 Å². The Bertz CT molecular complexity index is 836. The van der Waals surface area contributed by atoms with Crippen LogP contribution in [0, 0.1) is 5.41 Å². The monoisotopic (exact) mass is 398 g/mol. The fourth-order valence-electron chi connectivity index (χ4n) is 3.74. The quantitative estimate of drug-likeness (QED) is 0.760. The van der Waals surface area contributed by atoms with Gasteiger partial charge in [-0.05, 0) is 42.8 Å². The van der Waals surface area contributed by atoms with Crippen molar-refractivity contribution in [1.82, 2.24) is 9.80 Å².